The highest BCUT2D eigenvalue weighted by Crippen LogP contribution is 2.14. The Morgan fingerprint density at radius 3 is 2.75 bits per heavy atom. The second-order valence-electron chi connectivity index (χ2n) is 6.26. The van der Waals surface area contributed by atoms with E-state index in [2.05, 4.69) is 41.4 Å². The number of hydrogen-bond donors (Lipinski definition) is 2. The molecule has 24 heavy (non-hydrogen) atoms. The van der Waals surface area contributed by atoms with Crippen LogP contribution in [0.15, 0.2) is 23.3 Å². The SMILES string of the molecule is CN=C(NCCCOC)NCc1ccnc(OC(C)CC(C)C)c1. The molecule has 0 saturated heterocycles. The van der Waals surface area contributed by atoms with Gasteiger partial charge in [0, 0.05) is 46.1 Å². The van der Waals surface area contributed by atoms with E-state index in [1.807, 2.05) is 12.1 Å². The Morgan fingerprint density at radius 2 is 2.08 bits per heavy atom. The Kier molecular flexibility index (Phi) is 9.84. The largest absolute Gasteiger partial charge is 0.475 e. The number of hydrogen-bond acceptors (Lipinski definition) is 4. The lowest BCUT2D eigenvalue weighted by atomic mass is 10.1. The fourth-order valence-corrected chi connectivity index (χ4v) is 2.37. The summed E-state index contributed by atoms with van der Waals surface area (Å²) in [4.78, 5) is 8.51. The van der Waals surface area contributed by atoms with Gasteiger partial charge in [-0.25, -0.2) is 4.98 Å². The molecule has 0 aliphatic heterocycles. The third kappa shape index (κ3) is 8.72. The summed E-state index contributed by atoms with van der Waals surface area (Å²) in [7, 11) is 3.47. The molecule has 1 aromatic heterocycles. The smallest absolute Gasteiger partial charge is 0.213 e. The highest BCUT2D eigenvalue weighted by Gasteiger charge is 2.08. The van der Waals surface area contributed by atoms with Crippen molar-refractivity contribution < 1.29 is 9.47 Å². The molecule has 0 aliphatic carbocycles. The second kappa shape index (κ2) is 11.7. The van der Waals surface area contributed by atoms with Crippen LogP contribution < -0.4 is 15.4 Å². The maximum Gasteiger partial charge on any atom is 0.213 e. The van der Waals surface area contributed by atoms with Crippen LogP contribution >= 0.6 is 0 Å². The number of nitrogens with zero attached hydrogens (tertiary/aromatic N) is 2. The van der Waals surface area contributed by atoms with Gasteiger partial charge in [-0.05, 0) is 37.3 Å². The van der Waals surface area contributed by atoms with Crippen molar-refractivity contribution in [2.24, 2.45) is 10.9 Å². The number of aliphatic imine (C=N–C) groups is 1. The molecular formula is C18H32N4O2. The lowest BCUT2D eigenvalue weighted by Crippen LogP contribution is -2.37. The van der Waals surface area contributed by atoms with Crippen LogP contribution in [0, 0.1) is 5.92 Å². The highest BCUT2D eigenvalue weighted by molar-refractivity contribution is 5.79. The first kappa shape index (κ1) is 20.2. The predicted molar refractivity (Wildman–Crippen MR) is 98.5 cm³/mol. The first-order valence-corrected chi connectivity index (χ1v) is 8.60. The first-order chi connectivity index (χ1) is 11.5. The van der Waals surface area contributed by atoms with Gasteiger partial charge < -0.3 is 20.1 Å². The molecule has 1 rings (SSSR count). The molecule has 0 saturated carbocycles. The summed E-state index contributed by atoms with van der Waals surface area (Å²) in [5.74, 6) is 2.06. The lowest BCUT2D eigenvalue weighted by Gasteiger charge is -2.16. The minimum Gasteiger partial charge on any atom is -0.475 e. The molecule has 1 atom stereocenters. The van der Waals surface area contributed by atoms with Crippen molar-refractivity contribution in [3.05, 3.63) is 23.9 Å². The monoisotopic (exact) mass is 336 g/mol. The predicted octanol–water partition coefficient (Wildman–Crippen LogP) is 2.60. The zero-order valence-corrected chi connectivity index (χ0v) is 15.6. The number of ether oxygens (including phenoxy) is 2. The molecule has 0 bridgehead atoms. The number of nitrogens with one attached hydrogen (secondary N) is 2. The molecule has 136 valence electrons. The molecule has 0 spiro atoms. The van der Waals surface area contributed by atoms with Crippen LogP contribution in [0.3, 0.4) is 0 Å². The molecule has 0 radical (unpaired) electrons. The van der Waals surface area contributed by atoms with Gasteiger partial charge in [0.05, 0.1) is 6.10 Å². The van der Waals surface area contributed by atoms with Gasteiger partial charge in [0.25, 0.3) is 0 Å². The summed E-state index contributed by atoms with van der Waals surface area (Å²) in [5.41, 5.74) is 1.11. The van der Waals surface area contributed by atoms with E-state index in [0.717, 1.165) is 37.5 Å². The van der Waals surface area contributed by atoms with Gasteiger partial charge in [-0.3, -0.25) is 4.99 Å². The van der Waals surface area contributed by atoms with E-state index in [0.29, 0.717) is 18.3 Å². The highest BCUT2D eigenvalue weighted by atomic mass is 16.5. The van der Waals surface area contributed by atoms with Crippen molar-refractivity contribution >= 4 is 5.96 Å². The summed E-state index contributed by atoms with van der Waals surface area (Å²) < 4.78 is 10.9. The Morgan fingerprint density at radius 1 is 1.29 bits per heavy atom. The normalized spacial score (nSPS) is 13.0. The van der Waals surface area contributed by atoms with Gasteiger partial charge in [0.15, 0.2) is 5.96 Å². The van der Waals surface area contributed by atoms with Crippen LogP contribution in [-0.2, 0) is 11.3 Å². The minimum atomic E-state index is 0.163. The van der Waals surface area contributed by atoms with E-state index < -0.39 is 0 Å². The van der Waals surface area contributed by atoms with Gasteiger partial charge in [-0.2, -0.15) is 0 Å². The average Bonchev–Trinajstić information content (AvgIpc) is 2.53. The van der Waals surface area contributed by atoms with Crippen molar-refractivity contribution in [3.63, 3.8) is 0 Å². The molecule has 2 N–H and O–H groups in total. The van der Waals surface area contributed by atoms with Crippen molar-refractivity contribution in [2.75, 3.05) is 27.3 Å². The van der Waals surface area contributed by atoms with Crippen LogP contribution in [0.25, 0.3) is 0 Å². The van der Waals surface area contributed by atoms with Gasteiger partial charge in [0.1, 0.15) is 0 Å². The molecule has 0 fully saturated rings. The summed E-state index contributed by atoms with van der Waals surface area (Å²) in [6, 6.07) is 3.95. The molecule has 6 heteroatoms. The third-order valence-corrected chi connectivity index (χ3v) is 3.43. The average molecular weight is 336 g/mol. The maximum atomic E-state index is 5.89. The zero-order chi connectivity index (χ0) is 17.8. The minimum absolute atomic E-state index is 0.163. The molecule has 1 heterocycles. The Balaban J connectivity index is 2.45. The number of pyridine rings is 1. The molecule has 0 amide bonds. The quantitative estimate of drug-likeness (QED) is 0.390. The molecule has 0 aromatic carbocycles. The number of rotatable bonds is 10. The van der Waals surface area contributed by atoms with E-state index in [1.165, 1.54) is 0 Å². The van der Waals surface area contributed by atoms with Crippen molar-refractivity contribution in [1.29, 1.82) is 0 Å². The Labute approximate surface area is 146 Å². The van der Waals surface area contributed by atoms with E-state index in [1.54, 1.807) is 20.4 Å². The number of guanidine groups is 1. The topological polar surface area (TPSA) is 67.8 Å². The molecule has 0 aliphatic rings. The fourth-order valence-electron chi connectivity index (χ4n) is 2.37. The standard InChI is InChI=1S/C18H32N4O2/c1-14(2)11-15(3)24-17-12-16(7-9-20-17)13-22-18(19-4)21-8-6-10-23-5/h7,9,12,14-15H,6,8,10-11,13H2,1-5H3,(H2,19,21,22). The summed E-state index contributed by atoms with van der Waals surface area (Å²) in [6.45, 7) is 8.70. The first-order valence-electron chi connectivity index (χ1n) is 8.60. The molecular weight excluding hydrogens is 304 g/mol. The van der Waals surface area contributed by atoms with Crippen molar-refractivity contribution in [2.45, 2.75) is 46.3 Å². The van der Waals surface area contributed by atoms with E-state index in [-0.39, 0.29) is 6.10 Å². The molecule has 1 unspecified atom stereocenters. The summed E-state index contributed by atoms with van der Waals surface area (Å²) in [5, 5.41) is 6.55. The third-order valence-electron chi connectivity index (χ3n) is 3.43. The van der Waals surface area contributed by atoms with Crippen molar-refractivity contribution in [3.8, 4) is 5.88 Å². The van der Waals surface area contributed by atoms with Gasteiger partial charge in [-0.1, -0.05) is 13.8 Å². The Hall–Kier alpha value is -1.82. The molecule has 1 aromatic rings. The van der Waals surface area contributed by atoms with Gasteiger partial charge in [0.2, 0.25) is 5.88 Å². The van der Waals surface area contributed by atoms with Gasteiger partial charge >= 0.3 is 0 Å². The summed E-state index contributed by atoms with van der Waals surface area (Å²) >= 11 is 0. The van der Waals surface area contributed by atoms with E-state index >= 15 is 0 Å². The molecule has 6 nitrogen and oxygen atoms in total. The van der Waals surface area contributed by atoms with E-state index in [4.69, 9.17) is 9.47 Å². The van der Waals surface area contributed by atoms with Crippen LogP contribution in [0.1, 0.15) is 39.2 Å². The van der Waals surface area contributed by atoms with Crippen LogP contribution in [0.2, 0.25) is 0 Å². The van der Waals surface area contributed by atoms with Crippen LogP contribution in [0.5, 0.6) is 5.88 Å². The van der Waals surface area contributed by atoms with Gasteiger partial charge in [-0.15, -0.1) is 0 Å². The van der Waals surface area contributed by atoms with Crippen LogP contribution in [-0.4, -0.2) is 44.4 Å². The zero-order valence-electron chi connectivity index (χ0n) is 15.6. The number of methoxy groups -OCH3 is 1. The fraction of sp³-hybridized carbons (Fsp3) is 0.667. The summed E-state index contributed by atoms with van der Waals surface area (Å²) in [6.07, 6.45) is 3.90. The lowest BCUT2D eigenvalue weighted by molar-refractivity contribution is 0.185. The number of aromatic nitrogens is 1. The Bertz CT molecular complexity index is 492. The second-order valence-corrected chi connectivity index (χ2v) is 6.26. The van der Waals surface area contributed by atoms with Crippen molar-refractivity contribution in [1.82, 2.24) is 15.6 Å². The van der Waals surface area contributed by atoms with E-state index in [9.17, 15) is 0 Å². The van der Waals surface area contributed by atoms with Crippen LogP contribution in [0.4, 0.5) is 0 Å². The maximum absolute atomic E-state index is 5.89.